The monoisotopic (exact) mass is 1570 g/mol. The van der Waals surface area contributed by atoms with E-state index in [9.17, 15) is 10.5 Å². The van der Waals surface area contributed by atoms with Crippen LogP contribution in [0.5, 0.6) is 0 Å². The molecule has 0 bridgehead atoms. The molecule has 8 heteroatoms. The number of nitriles is 2. The Hall–Kier alpha value is -17.0. The summed E-state index contributed by atoms with van der Waals surface area (Å²) >= 11 is 0. The van der Waals surface area contributed by atoms with Gasteiger partial charge in [0.2, 0.25) is 0 Å². The molecule has 4 aromatic heterocycles. The van der Waals surface area contributed by atoms with Crippen molar-refractivity contribution in [2.45, 2.75) is 0 Å². The zero-order valence-corrected chi connectivity index (χ0v) is 66.6. The number of furan rings is 2. The van der Waals surface area contributed by atoms with E-state index in [1.54, 1.807) is 0 Å². The minimum absolute atomic E-state index is 0.641. The van der Waals surface area contributed by atoms with Crippen LogP contribution in [0.25, 0.3) is 255 Å². The van der Waals surface area contributed by atoms with Crippen LogP contribution in [0.15, 0.2) is 409 Å². The van der Waals surface area contributed by atoms with E-state index in [4.69, 9.17) is 28.8 Å². The van der Waals surface area contributed by atoms with Gasteiger partial charge in [-0.25, -0.2) is 19.9 Å². The fourth-order valence-corrected chi connectivity index (χ4v) is 19.3. The SMILES string of the molecule is N#Cc1ccc(-c2ccc3c4c(ccc(-c5c6ccccc6c(-c6cc(-c7ccccc7)nc(-c7ccc(-c8ccc9oc%10ccccc%10c9c8)cc7)n6)c6ccccc56)c24)-c2ccccc2-3)cc1.N#Cc1ccc(-c2ccc3c4c(ccc(-c5ccc(-c6cc(-c7ccccc7)nc(-c7cccc8oc9ccccc9c78)n6)cc5)c24)-c2ccccc2-3)cc1. The zero-order valence-electron chi connectivity index (χ0n) is 66.6. The maximum Gasteiger partial charge on any atom is 0.161 e. The van der Waals surface area contributed by atoms with E-state index in [-0.39, 0.29) is 0 Å². The van der Waals surface area contributed by atoms with Crippen molar-refractivity contribution in [1.29, 1.82) is 10.5 Å². The first-order valence-electron chi connectivity index (χ1n) is 41.7. The largest absolute Gasteiger partial charge is 0.456 e. The lowest BCUT2D eigenvalue weighted by Crippen LogP contribution is -1.98. The molecular formula is C116H66N6O2. The van der Waals surface area contributed by atoms with Gasteiger partial charge in [-0.2, -0.15) is 10.5 Å². The first-order chi connectivity index (χ1) is 61.4. The molecule has 2 aliphatic carbocycles. The van der Waals surface area contributed by atoms with Gasteiger partial charge in [0.1, 0.15) is 22.3 Å². The van der Waals surface area contributed by atoms with Crippen molar-refractivity contribution >= 4 is 87.0 Å². The fourth-order valence-electron chi connectivity index (χ4n) is 19.3. The zero-order chi connectivity index (χ0) is 82.0. The Morgan fingerprint density at radius 1 is 0.177 bits per heavy atom. The van der Waals surface area contributed by atoms with Gasteiger partial charge in [0, 0.05) is 54.9 Å². The molecule has 0 saturated carbocycles. The molecule has 4 heterocycles. The second-order valence-electron chi connectivity index (χ2n) is 31.9. The summed E-state index contributed by atoms with van der Waals surface area (Å²) in [6, 6.07) is 145. The lowest BCUT2D eigenvalue weighted by molar-refractivity contribution is 0.668. The molecule has 25 rings (SSSR count). The molecule has 0 atom stereocenters. The van der Waals surface area contributed by atoms with Gasteiger partial charge in [-0.15, -0.1) is 0 Å². The van der Waals surface area contributed by atoms with Crippen LogP contribution >= 0.6 is 0 Å². The molecular weight excluding hydrogens is 1510 g/mol. The average molecular weight is 1580 g/mol. The van der Waals surface area contributed by atoms with Crippen molar-refractivity contribution in [3.63, 3.8) is 0 Å². The number of benzene rings is 19. The summed E-state index contributed by atoms with van der Waals surface area (Å²) in [5.74, 6) is 1.31. The highest BCUT2D eigenvalue weighted by Gasteiger charge is 2.30. The van der Waals surface area contributed by atoms with Gasteiger partial charge in [0.05, 0.1) is 46.0 Å². The minimum Gasteiger partial charge on any atom is -0.456 e. The van der Waals surface area contributed by atoms with Gasteiger partial charge in [0.25, 0.3) is 0 Å². The predicted octanol–water partition coefficient (Wildman–Crippen LogP) is 30.7. The summed E-state index contributed by atoms with van der Waals surface area (Å²) < 4.78 is 12.4. The lowest BCUT2D eigenvalue weighted by atomic mass is 9.83. The number of hydrogen-bond acceptors (Lipinski definition) is 8. The van der Waals surface area contributed by atoms with Crippen LogP contribution in [0.1, 0.15) is 11.1 Å². The molecule has 572 valence electrons. The normalized spacial score (nSPS) is 11.7. The quantitative estimate of drug-likeness (QED) is 0.117. The van der Waals surface area contributed by atoms with Crippen molar-refractivity contribution < 1.29 is 8.83 Å². The van der Waals surface area contributed by atoms with Crippen LogP contribution in [0.3, 0.4) is 0 Å². The Kier molecular flexibility index (Phi) is 16.6. The van der Waals surface area contributed by atoms with Crippen LogP contribution < -0.4 is 0 Å². The van der Waals surface area contributed by atoms with E-state index in [1.807, 2.05) is 91.0 Å². The van der Waals surface area contributed by atoms with Crippen LogP contribution in [0.2, 0.25) is 0 Å². The van der Waals surface area contributed by atoms with E-state index >= 15 is 0 Å². The molecule has 2 aliphatic rings. The highest BCUT2D eigenvalue weighted by Crippen LogP contribution is 2.56. The number of rotatable bonds is 11. The highest BCUT2D eigenvalue weighted by atomic mass is 16.3. The Labute approximate surface area is 713 Å². The molecule has 0 amide bonds. The number of aromatic nitrogens is 4. The molecule has 0 radical (unpaired) electrons. The Bertz CT molecular complexity index is 8350. The lowest BCUT2D eigenvalue weighted by Gasteiger charge is -2.21. The maximum atomic E-state index is 9.73. The van der Waals surface area contributed by atoms with E-state index < -0.39 is 0 Å². The molecule has 0 spiro atoms. The topological polar surface area (TPSA) is 125 Å². The third-order valence-corrected chi connectivity index (χ3v) is 25.0. The molecule has 0 aliphatic heterocycles. The third-order valence-electron chi connectivity index (χ3n) is 25.0. The van der Waals surface area contributed by atoms with E-state index in [0.29, 0.717) is 22.8 Å². The van der Waals surface area contributed by atoms with Crippen LogP contribution in [0, 0.1) is 22.7 Å². The number of hydrogen-bond donors (Lipinski definition) is 0. The number of para-hydroxylation sites is 2. The van der Waals surface area contributed by atoms with Gasteiger partial charge in [0.15, 0.2) is 11.6 Å². The molecule has 19 aromatic carbocycles. The summed E-state index contributed by atoms with van der Waals surface area (Å²) in [5.41, 5.74) is 35.4. The Morgan fingerprint density at radius 3 is 1.02 bits per heavy atom. The van der Waals surface area contributed by atoms with E-state index in [2.05, 4.69) is 322 Å². The molecule has 0 saturated heterocycles. The van der Waals surface area contributed by atoms with Gasteiger partial charge >= 0.3 is 0 Å². The third kappa shape index (κ3) is 11.7. The Morgan fingerprint density at radius 2 is 0.508 bits per heavy atom. The van der Waals surface area contributed by atoms with Crippen LogP contribution in [-0.4, -0.2) is 19.9 Å². The summed E-state index contributed by atoms with van der Waals surface area (Å²) in [6.07, 6.45) is 0. The summed E-state index contributed by atoms with van der Waals surface area (Å²) in [6.45, 7) is 0. The van der Waals surface area contributed by atoms with Crippen molar-refractivity contribution in [3.8, 4) is 180 Å². The summed E-state index contributed by atoms with van der Waals surface area (Å²) in [5, 5.41) is 32.9. The van der Waals surface area contributed by atoms with E-state index in [0.717, 1.165) is 172 Å². The predicted molar refractivity (Wildman–Crippen MR) is 507 cm³/mol. The fraction of sp³-hybridized carbons (Fsp3) is 0. The maximum absolute atomic E-state index is 9.73. The van der Waals surface area contributed by atoms with Crippen LogP contribution in [-0.2, 0) is 0 Å². The molecule has 0 N–H and O–H groups in total. The number of nitrogens with zero attached hydrogens (tertiary/aromatic N) is 6. The number of fused-ring (bicyclic) bond motifs is 14. The Balaban J connectivity index is 0.000000143. The molecule has 8 nitrogen and oxygen atoms in total. The standard InChI is InChI=1S/C65H37N3O.C51H29N3O/c66-38-39-22-24-41(25-23-39)45-31-32-53-46-14-4-5-15-47(46)54-33-34-55(63(45)64(53)54)61-49-17-6-8-19-51(49)62(52-20-9-7-18-50(52)61)58-37-57(42-12-2-1-3-13-42)67-65(68-58)43-28-26-40(27-29-43)44-30-35-60-56(36-44)48-16-10-11-21-59(48)69-60;52-30-31-17-19-32(20-18-31)36-25-27-40-38-11-4-5-12-39(38)41-28-26-37(49(36)50(40)41)33-21-23-35(24-22-33)45-29-44(34-9-2-1-3-10-34)53-51(54-45)43-14-8-16-47-48(43)42-13-6-7-15-46(42)55-47/h1-37H;1-29H. The highest BCUT2D eigenvalue weighted by molar-refractivity contribution is 6.29. The minimum atomic E-state index is 0.641. The summed E-state index contributed by atoms with van der Waals surface area (Å²) in [4.78, 5) is 21.2. The molecule has 23 aromatic rings. The second-order valence-corrected chi connectivity index (χ2v) is 31.9. The first-order valence-corrected chi connectivity index (χ1v) is 41.7. The van der Waals surface area contributed by atoms with Gasteiger partial charge < -0.3 is 8.83 Å². The first kappa shape index (κ1) is 71.1. The molecule has 0 fully saturated rings. The van der Waals surface area contributed by atoms with Gasteiger partial charge in [-0.3, -0.25) is 0 Å². The average Bonchev–Trinajstić information content (AvgIpc) is 1.51. The van der Waals surface area contributed by atoms with Gasteiger partial charge in [-0.05, 0) is 210 Å². The summed E-state index contributed by atoms with van der Waals surface area (Å²) in [7, 11) is 0. The van der Waals surface area contributed by atoms with Crippen molar-refractivity contribution in [2.75, 3.05) is 0 Å². The second kappa shape index (κ2) is 28.9. The van der Waals surface area contributed by atoms with Crippen molar-refractivity contribution in [2.24, 2.45) is 0 Å². The molecule has 0 unspecified atom stereocenters. The van der Waals surface area contributed by atoms with Crippen LogP contribution in [0.4, 0.5) is 0 Å². The van der Waals surface area contributed by atoms with Gasteiger partial charge in [-0.1, -0.05) is 334 Å². The smallest absolute Gasteiger partial charge is 0.161 e. The van der Waals surface area contributed by atoms with Crippen molar-refractivity contribution in [3.05, 3.63) is 412 Å². The molecule has 124 heavy (non-hydrogen) atoms. The van der Waals surface area contributed by atoms with Crippen molar-refractivity contribution in [1.82, 2.24) is 19.9 Å². The van der Waals surface area contributed by atoms with E-state index in [1.165, 1.54) is 71.6 Å².